The molecule has 0 N–H and O–H groups in total. The number of carbonyl (C=O) groups excluding carboxylic acids is 1. The molecular formula is C19H27F3N2O. The lowest BCUT2D eigenvalue weighted by atomic mass is 9.97. The Hall–Kier alpha value is -1.40. The second-order valence-electron chi connectivity index (χ2n) is 7.43. The summed E-state index contributed by atoms with van der Waals surface area (Å²) in [6, 6.07) is 4.73. The van der Waals surface area contributed by atoms with E-state index in [2.05, 4.69) is 9.80 Å². The van der Waals surface area contributed by atoms with Crippen molar-refractivity contribution in [3.8, 4) is 0 Å². The zero-order valence-electron chi connectivity index (χ0n) is 15.4. The van der Waals surface area contributed by atoms with Gasteiger partial charge in [-0.1, -0.05) is 26.0 Å². The average Bonchev–Trinajstić information content (AvgIpc) is 2.96. The molecule has 0 bridgehead atoms. The lowest BCUT2D eigenvalue weighted by Gasteiger charge is -2.22. The first-order chi connectivity index (χ1) is 11.6. The summed E-state index contributed by atoms with van der Waals surface area (Å²) in [6.45, 7) is 5.38. The summed E-state index contributed by atoms with van der Waals surface area (Å²) in [5.74, 6) is -0.226. The highest BCUT2D eigenvalue weighted by atomic mass is 19.4. The van der Waals surface area contributed by atoms with Crippen molar-refractivity contribution in [3.05, 3.63) is 34.9 Å². The molecule has 0 aromatic heterocycles. The summed E-state index contributed by atoms with van der Waals surface area (Å²) in [7, 11) is 3.99. The average molecular weight is 356 g/mol. The Morgan fingerprint density at radius 2 is 2.00 bits per heavy atom. The minimum atomic E-state index is -4.41. The Bertz CT molecular complexity index is 611. The third kappa shape index (κ3) is 5.28. The van der Waals surface area contributed by atoms with Gasteiger partial charge in [0.25, 0.3) is 0 Å². The molecule has 0 radical (unpaired) electrons. The highest BCUT2D eigenvalue weighted by molar-refractivity contribution is 5.82. The highest BCUT2D eigenvalue weighted by Gasteiger charge is 2.35. The first-order valence-corrected chi connectivity index (χ1v) is 8.68. The third-order valence-electron chi connectivity index (χ3n) is 4.87. The van der Waals surface area contributed by atoms with Gasteiger partial charge in [-0.2, -0.15) is 13.2 Å². The van der Waals surface area contributed by atoms with E-state index < -0.39 is 11.7 Å². The zero-order chi connectivity index (χ0) is 18.8. The molecule has 0 spiro atoms. The van der Waals surface area contributed by atoms with Crippen molar-refractivity contribution in [2.75, 3.05) is 27.2 Å². The van der Waals surface area contributed by atoms with Crippen LogP contribution in [0, 0.1) is 5.92 Å². The van der Waals surface area contributed by atoms with Gasteiger partial charge in [0, 0.05) is 38.0 Å². The number of ketones is 1. The van der Waals surface area contributed by atoms with E-state index in [1.54, 1.807) is 19.9 Å². The predicted octanol–water partition coefficient (Wildman–Crippen LogP) is 3.61. The smallest absolute Gasteiger partial charge is 0.305 e. The summed E-state index contributed by atoms with van der Waals surface area (Å²) in [5, 5.41) is 0. The SMILES string of the molecule is CC(C)C(=O)Cc1ccc(CN2CC[C@H](N(C)C)C2)c(C(F)(F)F)c1. The molecule has 0 aliphatic carbocycles. The van der Waals surface area contributed by atoms with E-state index in [0.29, 0.717) is 11.6 Å². The van der Waals surface area contributed by atoms with E-state index in [-0.39, 0.29) is 30.2 Å². The van der Waals surface area contributed by atoms with Crippen LogP contribution in [0.3, 0.4) is 0 Å². The maximum Gasteiger partial charge on any atom is 0.416 e. The van der Waals surface area contributed by atoms with Gasteiger partial charge in [0.1, 0.15) is 5.78 Å². The molecule has 0 saturated carbocycles. The normalized spacial score (nSPS) is 19.2. The molecule has 140 valence electrons. The fourth-order valence-corrected chi connectivity index (χ4v) is 3.16. The standard InChI is InChI=1S/C19H27F3N2O/c1-13(2)18(25)10-14-5-6-15(17(9-14)19(20,21)22)11-24-8-7-16(12-24)23(3)4/h5-6,9,13,16H,7-8,10-12H2,1-4H3/t16-/m0/s1. The molecular weight excluding hydrogens is 329 g/mol. The maximum absolute atomic E-state index is 13.5. The third-order valence-corrected chi connectivity index (χ3v) is 4.87. The van der Waals surface area contributed by atoms with Crippen LogP contribution < -0.4 is 0 Å². The number of Topliss-reactive ketones (excluding diaryl/α,β-unsaturated/α-hetero) is 1. The van der Waals surface area contributed by atoms with E-state index in [4.69, 9.17) is 0 Å². The number of nitrogens with zero attached hydrogens (tertiary/aromatic N) is 2. The van der Waals surface area contributed by atoms with Crippen molar-refractivity contribution in [1.82, 2.24) is 9.80 Å². The number of hydrogen-bond acceptors (Lipinski definition) is 3. The summed E-state index contributed by atoms with van der Waals surface area (Å²) in [6.07, 6.45) is -3.39. The zero-order valence-corrected chi connectivity index (χ0v) is 15.4. The second kappa shape index (κ2) is 7.87. The van der Waals surface area contributed by atoms with Crippen LogP contribution in [0.25, 0.3) is 0 Å². The maximum atomic E-state index is 13.5. The first-order valence-electron chi connectivity index (χ1n) is 8.68. The van der Waals surface area contributed by atoms with E-state index in [0.717, 1.165) is 25.6 Å². The second-order valence-corrected chi connectivity index (χ2v) is 7.43. The molecule has 1 atom stereocenters. The van der Waals surface area contributed by atoms with Crippen LogP contribution in [0.2, 0.25) is 0 Å². The van der Waals surface area contributed by atoms with Crippen molar-refractivity contribution in [2.24, 2.45) is 5.92 Å². The van der Waals surface area contributed by atoms with Gasteiger partial charge < -0.3 is 4.90 Å². The summed E-state index contributed by atoms with van der Waals surface area (Å²) >= 11 is 0. The molecule has 1 fully saturated rings. The molecule has 1 aromatic rings. The Kier molecular flexibility index (Phi) is 6.27. The molecule has 1 aliphatic heterocycles. The van der Waals surface area contributed by atoms with Gasteiger partial charge in [-0.15, -0.1) is 0 Å². The Morgan fingerprint density at radius 1 is 1.32 bits per heavy atom. The molecule has 1 heterocycles. The van der Waals surface area contributed by atoms with Gasteiger partial charge in [-0.25, -0.2) is 0 Å². The fraction of sp³-hybridized carbons (Fsp3) is 0.632. The van der Waals surface area contributed by atoms with E-state index in [1.807, 2.05) is 14.1 Å². The van der Waals surface area contributed by atoms with Gasteiger partial charge in [-0.3, -0.25) is 9.69 Å². The number of carbonyl (C=O) groups is 1. The highest BCUT2D eigenvalue weighted by Crippen LogP contribution is 2.34. The largest absolute Gasteiger partial charge is 0.416 e. The van der Waals surface area contributed by atoms with Gasteiger partial charge in [0.05, 0.1) is 5.56 Å². The lowest BCUT2D eigenvalue weighted by molar-refractivity contribution is -0.138. The molecule has 0 amide bonds. The number of halogens is 3. The Balaban J connectivity index is 2.19. The molecule has 6 heteroatoms. The number of benzene rings is 1. The predicted molar refractivity (Wildman–Crippen MR) is 92.4 cm³/mol. The van der Waals surface area contributed by atoms with Crippen molar-refractivity contribution >= 4 is 5.78 Å². The van der Waals surface area contributed by atoms with Gasteiger partial charge in [-0.05, 0) is 37.7 Å². The summed E-state index contributed by atoms with van der Waals surface area (Å²) in [4.78, 5) is 16.0. The van der Waals surface area contributed by atoms with E-state index in [1.165, 1.54) is 6.07 Å². The van der Waals surface area contributed by atoms with Crippen LogP contribution in [-0.4, -0.2) is 48.8 Å². The number of alkyl halides is 3. The minimum absolute atomic E-state index is 0.0470. The summed E-state index contributed by atoms with van der Waals surface area (Å²) in [5.41, 5.74) is 0.102. The molecule has 0 unspecified atom stereocenters. The van der Waals surface area contributed by atoms with Crippen molar-refractivity contribution in [3.63, 3.8) is 0 Å². The first kappa shape index (κ1) is 19.9. The quantitative estimate of drug-likeness (QED) is 0.778. The molecule has 1 aliphatic rings. The fourth-order valence-electron chi connectivity index (χ4n) is 3.16. The van der Waals surface area contributed by atoms with E-state index in [9.17, 15) is 18.0 Å². The van der Waals surface area contributed by atoms with Crippen LogP contribution in [0.1, 0.15) is 37.0 Å². The molecule has 2 rings (SSSR count). The molecule has 3 nitrogen and oxygen atoms in total. The Morgan fingerprint density at radius 3 is 2.52 bits per heavy atom. The van der Waals surface area contributed by atoms with Gasteiger partial charge in [0.2, 0.25) is 0 Å². The molecule has 25 heavy (non-hydrogen) atoms. The van der Waals surface area contributed by atoms with Crippen molar-refractivity contribution < 1.29 is 18.0 Å². The number of likely N-dealkylation sites (tertiary alicyclic amines) is 1. The van der Waals surface area contributed by atoms with Crippen molar-refractivity contribution in [2.45, 2.75) is 45.5 Å². The van der Waals surface area contributed by atoms with Crippen LogP contribution >= 0.6 is 0 Å². The van der Waals surface area contributed by atoms with Crippen LogP contribution in [0.5, 0.6) is 0 Å². The number of likely N-dealkylation sites (N-methyl/N-ethyl adjacent to an activating group) is 1. The topological polar surface area (TPSA) is 23.6 Å². The van der Waals surface area contributed by atoms with Gasteiger partial charge in [0.15, 0.2) is 0 Å². The molecule has 1 aromatic carbocycles. The van der Waals surface area contributed by atoms with Crippen LogP contribution in [-0.2, 0) is 23.9 Å². The minimum Gasteiger partial charge on any atom is -0.305 e. The van der Waals surface area contributed by atoms with Crippen molar-refractivity contribution in [1.29, 1.82) is 0 Å². The number of rotatable bonds is 6. The summed E-state index contributed by atoms with van der Waals surface area (Å²) < 4.78 is 40.5. The van der Waals surface area contributed by atoms with Crippen LogP contribution in [0.4, 0.5) is 13.2 Å². The monoisotopic (exact) mass is 356 g/mol. The lowest BCUT2D eigenvalue weighted by Crippen LogP contribution is -2.31. The van der Waals surface area contributed by atoms with Gasteiger partial charge >= 0.3 is 6.18 Å². The molecule has 1 saturated heterocycles. The number of hydrogen-bond donors (Lipinski definition) is 0. The Labute approximate surface area is 147 Å². The van der Waals surface area contributed by atoms with E-state index >= 15 is 0 Å². The van der Waals surface area contributed by atoms with Crippen LogP contribution in [0.15, 0.2) is 18.2 Å².